The van der Waals surface area contributed by atoms with Crippen LogP contribution in [0.3, 0.4) is 0 Å². The third kappa shape index (κ3) is 3.70. The van der Waals surface area contributed by atoms with Gasteiger partial charge in [0.2, 0.25) is 0 Å². The first kappa shape index (κ1) is 12.9. The van der Waals surface area contributed by atoms with Crippen LogP contribution in [0.15, 0.2) is 0 Å². The standard InChI is InChI=1S/C14H25NO2/c1-10-6-11(2)8-13(7-10)17-14(16)12-4-3-5-15-9-12/h10-13,15H,3-9H2,1-2H3/t10?,11?,12-,13?/m1/s1. The van der Waals surface area contributed by atoms with E-state index in [1.807, 2.05) is 0 Å². The first-order valence-corrected chi connectivity index (χ1v) is 7.06. The van der Waals surface area contributed by atoms with E-state index in [1.54, 1.807) is 0 Å². The molecule has 2 fully saturated rings. The number of esters is 1. The highest BCUT2D eigenvalue weighted by Crippen LogP contribution is 2.31. The molecule has 0 aromatic rings. The number of hydrogen-bond donors (Lipinski definition) is 1. The van der Waals surface area contributed by atoms with Gasteiger partial charge in [-0.05, 0) is 50.5 Å². The van der Waals surface area contributed by atoms with Crippen molar-refractivity contribution in [3.8, 4) is 0 Å². The Morgan fingerprint density at radius 1 is 1.18 bits per heavy atom. The lowest BCUT2D eigenvalue weighted by atomic mass is 9.81. The zero-order valence-corrected chi connectivity index (χ0v) is 11.1. The maximum atomic E-state index is 12.0. The molecule has 2 unspecified atom stereocenters. The van der Waals surface area contributed by atoms with Gasteiger partial charge in [-0.25, -0.2) is 0 Å². The smallest absolute Gasteiger partial charge is 0.310 e. The molecule has 0 spiro atoms. The maximum absolute atomic E-state index is 12.0. The molecule has 1 N–H and O–H groups in total. The van der Waals surface area contributed by atoms with E-state index in [4.69, 9.17) is 4.74 Å². The van der Waals surface area contributed by atoms with Crippen molar-refractivity contribution in [1.29, 1.82) is 0 Å². The Morgan fingerprint density at radius 2 is 1.88 bits per heavy atom. The molecule has 1 heterocycles. The molecule has 0 bridgehead atoms. The average molecular weight is 239 g/mol. The van der Waals surface area contributed by atoms with Crippen LogP contribution in [-0.4, -0.2) is 25.2 Å². The minimum Gasteiger partial charge on any atom is -0.462 e. The summed E-state index contributed by atoms with van der Waals surface area (Å²) in [6.07, 6.45) is 5.63. The zero-order chi connectivity index (χ0) is 12.3. The summed E-state index contributed by atoms with van der Waals surface area (Å²) in [5.41, 5.74) is 0. The van der Waals surface area contributed by atoms with Crippen molar-refractivity contribution in [2.24, 2.45) is 17.8 Å². The number of carbonyl (C=O) groups excluding carboxylic acids is 1. The van der Waals surface area contributed by atoms with E-state index in [1.165, 1.54) is 6.42 Å². The molecular formula is C14H25NO2. The molecule has 1 aliphatic carbocycles. The molecule has 3 nitrogen and oxygen atoms in total. The van der Waals surface area contributed by atoms with E-state index in [0.717, 1.165) is 38.8 Å². The van der Waals surface area contributed by atoms with E-state index in [2.05, 4.69) is 19.2 Å². The van der Waals surface area contributed by atoms with Crippen LogP contribution in [0.25, 0.3) is 0 Å². The highest BCUT2D eigenvalue weighted by Gasteiger charge is 2.29. The first-order chi connectivity index (χ1) is 8.15. The van der Waals surface area contributed by atoms with Crippen molar-refractivity contribution < 1.29 is 9.53 Å². The Hall–Kier alpha value is -0.570. The Morgan fingerprint density at radius 3 is 2.47 bits per heavy atom. The van der Waals surface area contributed by atoms with Crippen LogP contribution in [-0.2, 0) is 9.53 Å². The van der Waals surface area contributed by atoms with Gasteiger partial charge in [0.05, 0.1) is 5.92 Å². The van der Waals surface area contributed by atoms with Crippen LogP contribution in [0, 0.1) is 17.8 Å². The zero-order valence-electron chi connectivity index (χ0n) is 11.1. The second kappa shape index (κ2) is 5.85. The number of piperidine rings is 1. The maximum Gasteiger partial charge on any atom is 0.310 e. The lowest BCUT2D eigenvalue weighted by Gasteiger charge is -2.32. The molecule has 2 rings (SSSR count). The van der Waals surface area contributed by atoms with E-state index in [9.17, 15) is 4.79 Å². The Bertz CT molecular complexity index is 251. The predicted molar refractivity (Wildman–Crippen MR) is 67.7 cm³/mol. The van der Waals surface area contributed by atoms with Gasteiger partial charge in [0, 0.05) is 6.54 Å². The quantitative estimate of drug-likeness (QED) is 0.752. The van der Waals surface area contributed by atoms with E-state index in [0.29, 0.717) is 11.8 Å². The number of carbonyl (C=O) groups is 1. The minimum absolute atomic E-state index is 0.0310. The molecule has 2 aliphatic rings. The second-order valence-electron chi connectivity index (χ2n) is 6.02. The van der Waals surface area contributed by atoms with E-state index in [-0.39, 0.29) is 18.0 Å². The van der Waals surface area contributed by atoms with Crippen molar-refractivity contribution in [2.75, 3.05) is 13.1 Å². The van der Waals surface area contributed by atoms with Gasteiger partial charge in [0.1, 0.15) is 6.10 Å². The minimum atomic E-state index is 0.0310. The van der Waals surface area contributed by atoms with Crippen LogP contribution >= 0.6 is 0 Å². The largest absolute Gasteiger partial charge is 0.462 e. The van der Waals surface area contributed by atoms with Gasteiger partial charge >= 0.3 is 5.97 Å². The second-order valence-corrected chi connectivity index (χ2v) is 6.02. The fraction of sp³-hybridized carbons (Fsp3) is 0.929. The van der Waals surface area contributed by atoms with Gasteiger partial charge < -0.3 is 10.1 Å². The number of hydrogen-bond acceptors (Lipinski definition) is 3. The molecule has 0 radical (unpaired) electrons. The summed E-state index contributed by atoms with van der Waals surface area (Å²) in [7, 11) is 0. The summed E-state index contributed by atoms with van der Waals surface area (Å²) < 4.78 is 5.69. The van der Waals surface area contributed by atoms with Crippen molar-refractivity contribution in [2.45, 2.75) is 52.1 Å². The van der Waals surface area contributed by atoms with Crippen LogP contribution < -0.4 is 5.32 Å². The third-order valence-corrected chi connectivity index (χ3v) is 4.05. The van der Waals surface area contributed by atoms with E-state index < -0.39 is 0 Å². The molecule has 0 amide bonds. The van der Waals surface area contributed by atoms with Crippen molar-refractivity contribution in [3.05, 3.63) is 0 Å². The van der Waals surface area contributed by atoms with Crippen LogP contribution in [0.5, 0.6) is 0 Å². The molecule has 98 valence electrons. The lowest BCUT2D eigenvalue weighted by Crippen LogP contribution is -2.38. The van der Waals surface area contributed by atoms with Gasteiger partial charge in [-0.1, -0.05) is 13.8 Å². The SMILES string of the molecule is CC1CC(C)CC(OC(=O)[C@@H]2CCCNC2)C1. The summed E-state index contributed by atoms with van der Waals surface area (Å²) in [6, 6.07) is 0. The van der Waals surface area contributed by atoms with Gasteiger partial charge in [-0.15, -0.1) is 0 Å². The monoisotopic (exact) mass is 239 g/mol. The predicted octanol–water partition coefficient (Wildman–Crippen LogP) is 2.35. The van der Waals surface area contributed by atoms with Crippen LogP contribution in [0.4, 0.5) is 0 Å². The van der Waals surface area contributed by atoms with Gasteiger partial charge in [-0.3, -0.25) is 4.79 Å². The molecule has 1 saturated heterocycles. The molecule has 1 saturated carbocycles. The Kier molecular flexibility index (Phi) is 4.43. The number of ether oxygens (including phenoxy) is 1. The van der Waals surface area contributed by atoms with Crippen LogP contribution in [0.2, 0.25) is 0 Å². The molecule has 0 aromatic heterocycles. The summed E-state index contributed by atoms with van der Waals surface area (Å²) in [4.78, 5) is 12.0. The number of rotatable bonds is 2. The normalized spacial score (nSPS) is 38.7. The first-order valence-electron chi connectivity index (χ1n) is 7.06. The lowest BCUT2D eigenvalue weighted by molar-refractivity contribution is -0.157. The van der Waals surface area contributed by atoms with Crippen LogP contribution in [0.1, 0.15) is 46.0 Å². The molecule has 3 heteroatoms. The summed E-state index contributed by atoms with van der Waals surface area (Å²) in [5, 5.41) is 3.27. The average Bonchev–Trinajstić information content (AvgIpc) is 2.28. The molecule has 17 heavy (non-hydrogen) atoms. The Labute approximate surface area is 104 Å². The fourth-order valence-electron chi connectivity index (χ4n) is 3.28. The van der Waals surface area contributed by atoms with Gasteiger partial charge in [0.15, 0.2) is 0 Å². The van der Waals surface area contributed by atoms with Crippen molar-refractivity contribution >= 4 is 5.97 Å². The number of nitrogens with one attached hydrogen (secondary N) is 1. The highest BCUT2D eigenvalue weighted by molar-refractivity contribution is 5.73. The molecule has 3 atom stereocenters. The van der Waals surface area contributed by atoms with Gasteiger partial charge in [-0.2, -0.15) is 0 Å². The van der Waals surface area contributed by atoms with E-state index >= 15 is 0 Å². The van der Waals surface area contributed by atoms with Crippen molar-refractivity contribution in [3.63, 3.8) is 0 Å². The molecule has 1 aliphatic heterocycles. The summed E-state index contributed by atoms with van der Waals surface area (Å²) in [6.45, 7) is 6.37. The Balaban J connectivity index is 1.80. The fourth-order valence-corrected chi connectivity index (χ4v) is 3.28. The highest BCUT2D eigenvalue weighted by atomic mass is 16.5. The molecule has 0 aromatic carbocycles. The van der Waals surface area contributed by atoms with Crippen molar-refractivity contribution in [1.82, 2.24) is 5.32 Å². The summed E-state index contributed by atoms with van der Waals surface area (Å²) in [5.74, 6) is 1.52. The topological polar surface area (TPSA) is 38.3 Å². The molecular weight excluding hydrogens is 214 g/mol. The third-order valence-electron chi connectivity index (χ3n) is 4.05. The summed E-state index contributed by atoms with van der Waals surface area (Å²) >= 11 is 0. The van der Waals surface area contributed by atoms with Gasteiger partial charge in [0.25, 0.3) is 0 Å².